The van der Waals surface area contributed by atoms with Gasteiger partial charge in [-0.15, -0.1) is 0 Å². The Labute approximate surface area is 118 Å². The van der Waals surface area contributed by atoms with Crippen molar-refractivity contribution in [2.75, 3.05) is 6.44 Å². The molecule has 0 unspecified atom stereocenters. The predicted molar refractivity (Wildman–Crippen MR) is 78.2 cm³/mol. The first-order valence-corrected chi connectivity index (χ1v) is 6.63. The van der Waals surface area contributed by atoms with Crippen LogP contribution >= 0.6 is 15.9 Å². The molecule has 1 aromatic carbocycles. The molecule has 0 amide bonds. The largest absolute Gasteiger partial charge is 0.303 e. The van der Waals surface area contributed by atoms with Gasteiger partial charge in [-0.25, -0.2) is 0 Å². The van der Waals surface area contributed by atoms with Crippen LogP contribution in [0.2, 0.25) is 0 Å². The molecule has 1 aromatic heterocycles. The normalized spacial score (nSPS) is 10.8. The smallest absolute Gasteiger partial charge is 0.0863 e. The van der Waals surface area contributed by atoms with Gasteiger partial charge in [0.2, 0.25) is 0 Å². The van der Waals surface area contributed by atoms with E-state index in [9.17, 15) is 0 Å². The molecule has 0 atom stereocenters. The Morgan fingerprint density at radius 1 is 1.06 bits per heavy atom. The van der Waals surface area contributed by atoms with Gasteiger partial charge in [-0.3, -0.25) is 4.98 Å². The van der Waals surface area contributed by atoms with Crippen molar-refractivity contribution in [1.82, 2.24) is 9.88 Å². The average molecular weight is 301 g/mol. The molecule has 18 heavy (non-hydrogen) atoms. The highest BCUT2D eigenvalue weighted by Gasteiger charge is 2.05. The lowest BCUT2D eigenvalue weighted by atomic mass is 10.1. The van der Waals surface area contributed by atoms with Crippen molar-refractivity contribution in [2.24, 2.45) is 0 Å². The van der Waals surface area contributed by atoms with E-state index in [1.165, 1.54) is 5.56 Å². The minimum Gasteiger partial charge on any atom is -0.303 e. The van der Waals surface area contributed by atoms with Crippen LogP contribution in [0, 0.1) is 0 Å². The quantitative estimate of drug-likeness (QED) is 0.789. The second-order valence-electron chi connectivity index (χ2n) is 4.17. The first kappa shape index (κ1) is 13.3. The topological polar surface area (TPSA) is 16.1 Å². The molecule has 0 N–H and O–H groups in total. The number of rotatable bonds is 5. The summed E-state index contributed by atoms with van der Waals surface area (Å²) in [4.78, 5) is 6.34. The Bertz CT molecular complexity index is 490. The van der Waals surface area contributed by atoms with E-state index in [0.717, 1.165) is 23.1 Å². The summed E-state index contributed by atoms with van der Waals surface area (Å²) in [5.41, 5.74) is 2.43. The van der Waals surface area contributed by atoms with E-state index in [0.29, 0.717) is 6.44 Å². The molecule has 1 heterocycles. The van der Waals surface area contributed by atoms with Crippen LogP contribution in [0.15, 0.2) is 53.3 Å². The summed E-state index contributed by atoms with van der Waals surface area (Å²) in [5.74, 6) is 0. The van der Waals surface area contributed by atoms with E-state index < -0.39 is 0 Å². The molecule has 2 aromatic rings. The summed E-state index contributed by atoms with van der Waals surface area (Å²) in [6.07, 6.45) is 4.19. The fourth-order valence-electron chi connectivity index (χ4n) is 1.83. The van der Waals surface area contributed by atoms with Crippen molar-refractivity contribution in [3.63, 3.8) is 0 Å². The molecule has 0 aliphatic carbocycles. The van der Waals surface area contributed by atoms with Crippen LogP contribution in [0.1, 0.15) is 11.1 Å². The summed E-state index contributed by atoms with van der Waals surface area (Å²) in [6.45, 7) is 1.65. The molecule has 2 rings (SSSR count). The second-order valence-corrected chi connectivity index (χ2v) is 5.08. The third-order valence-corrected chi connectivity index (χ3v) is 3.11. The molecule has 0 aliphatic heterocycles. The highest BCUT2D eigenvalue weighted by Crippen LogP contribution is 2.13. The monoisotopic (exact) mass is 300 g/mol. The minimum absolute atomic E-state index is 0.529. The minimum atomic E-state index is 0.529. The SMILES string of the molecule is [B]CN(Cc1ccccc1)Cc1cncc(Br)c1. The number of halogens is 1. The highest BCUT2D eigenvalue weighted by atomic mass is 79.9. The van der Waals surface area contributed by atoms with E-state index in [1.807, 2.05) is 24.4 Å². The maximum atomic E-state index is 5.80. The zero-order valence-electron chi connectivity index (χ0n) is 10.1. The van der Waals surface area contributed by atoms with E-state index in [1.54, 1.807) is 6.20 Å². The zero-order valence-corrected chi connectivity index (χ0v) is 11.7. The van der Waals surface area contributed by atoms with Crippen LogP contribution < -0.4 is 0 Å². The Kier molecular flexibility index (Phi) is 4.96. The number of benzene rings is 1. The lowest BCUT2D eigenvalue weighted by Crippen LogP contribution is -2.24. The summed E-state index contributed by atoms with van der Waals surface area (Å²) in [7, 11) is 5.80. The van der Waals surface area contributed by atoms with Gasteiger partial charge in [0, 0.05) is 30.0 Å². The lowest BCUT2D eigenvalue weighted by Gasteiger charge is -2.20. The Morgan fingerprint density at radius 2 is 1.78 bits per heavy atom. The summed E-state index contributed by atoms with van der Waals surface area (Å²) >= 11 is 3.43. The number of aromatic nitrogens is 1. The van der Waals surface area contributed by atoms with Gasteiger partial charge in [-0.1, -0.05) is 30.3 Å². The van der Waals surface area contributed by atoms with Gasteiger partial charge >= 0.3 is 0 Å². The predicted octanol–water partition coefficient (Wildman–Crippen LogP) is 2.97. The van der Waals surface area contributed by atoms with Gasteiger partial charge in [0.25, 0.3) is 0 Å². The molecular weight excluding hydrogens is 287 g/mol. The first-order chi connectivity index (χ1) is 8.78. The molecule has 0 aliphatic rings. The Morgan fingerprint density at radius 3 is 2.44 bits per heavy atom. The molecule has 90 valence electrons. The van der Waals surface area contributed by atoms with Crippen LogP contribution in [0.25, 0.3) is 0 Å². The number of nitrogens with zero attached hydrogens (tertiary/aromatic N) is 2. The van der Waals surface area contributed by atoms with Crippen LogP contribution in [0.5, 0.6) is 0 Å². The fourth-order valence-corrected chi connectivity index (χ4v) is 2.24. The van der Waals surface area contributed by atoms with E-state index in [-0.39, 0.29) is 0 Å². The highest BCUT2D eigenvalue weighted by molar-refractivity contribution is 9.10. The molecule has 0 fully saturated rings. The number of hydrogen-bond acceptors (Lipinski definition) is 2. The molecule has 4 heteroatoms. The van der Waals surface area contributed by atoms with Gasteiger partial charge in [-0.2, -0.15) is 0 Å². The van der Waals surface area contributed by atoms with E-state index in [2.05, 4.69) is 44.0 Å². The third kappa shape index (κ3) is 3.96. The molecule has 0 spiro atoms. The standard InChI is InChI=1S/C14H14BBrN2/c15-11-18(9-12-4-2-1-3-5-12)10-13-6-14(16)8-17-7-13/h1-8H,9-11H2. The number of pyridine rings is 1. The molecule has 0 saturated carbocycles. The van der Waals surface area contributed by atoms with Gasteiger partial charge in [0.15, 0.2) is 0 Å². The third-order valence-electron chi connectivity index (χ3n) is 2.67. The lowest BCUT2D eigenvalue weighted by molar-refractivity contribution is 0.301. The molecule has 2 radical (unpaired) electrons. The summed E-state index contributed by atoms with van der Waals surface area (Å²) in [6, 6.07) is 12.4. The molecule has 2 nitrogen and oxygen atoms in total. The fraction of sp³-hybridized carbons (Fsp3) is 0.214. The van der Waals surface area contributed by atoms with Crippen molar-refractivity contribution < 1.29 is 0 Å². The Balaban J connectivity index is 2.01. The van der Waals surface area contributed by atoms with E-state index >= 15 is 0 Å². The van der Waals surface area contributed by atoms with Crippen molar-refractivity contribution >= 4 is 23.8 Å². The summed E-state index contributed by atoms with van der Waals surface area (Å²) in [5, 5.41) is 0. The first-order valence-electron chi connectivity index (χ1n) is 5.83. The van der Waals surface area contributed by atoms with Crippen molar-refractivity contribution in [3.05, 3.63) is 64.4 Å². The second kappa shape index (κ2) is 6.71. The van der Waals surface area contributed by atoms with Gasteiger partial charge in [-0.05, 0) is 39.6 Å². The van der Waals surface area contributed by atoms with Crippen molar-refractivity contribution in [2.45, 2.75) is 13.1 Å². The van der Waals surface area contributed by atoms with Crippen molar-refractivity contribution in [3.8, 4) is 0 Å². The van der Waals surface area contributed by atoms with Crippen LogP contribution in [-0.2, 0) is 13.1 Å². The van der Waals surface area contributed by atoms with Crippen molar-refractivity contribution in [1.29, 1.82) is 0 Å². The van der Waals surface area contributed by atoms with Gasteiger partial charge in [0.1, 0.15) is 0 Å². The van der Waals surface area contributed by atoms with Crippen LogP contribution in [0.4, 0.5) is 0 Å². The van der Waals surface area contributed by atoms with E-state index in [4.69, 9.17) is 7.85 Å². The Hall–Kier alpha value is -1.13. The van der Waals surface area contributed by atoms with Gasteiger partial charge in [0.05, 0.1) is 7.85 Å². The maximum Gasteiger partial charge on any atom is 0.0863 e. The molecule has 0 saturated heterocycles. The number of hydrogen-bond donors (Lipinski definition) is 0. The van der Waals surface area contributed by atoms with Crippen LogP contribution in [-0.4, -0.2) is 24.2 Å². The molecule has 0 bridgehead atoms. The summed E-state index contributed by atoms with van der Waals surface area (Å²) < 4.78 is 0.997. The average Bonchev–Trinajstić information content (AvgIpc) is 2.39. The van der Waals surface area contributed by atoms with Gasteiger partial charge < -0.3 is 4.90 Å². The maximum absolute atomic E-state index is 5.80. The van der Waals surface area contributed by atoms with Crippen LogP contribution in [0.3, 0.4) is 0 Å². The molecular formula is C14H14BBrN2. The zero-order chi connectivity index (χ0) is 12.8.